The second kappa shape index (κ2) is 3.70. The second-order valence-corrected chi connectivity index (χ2v) is 4.89. The Morgan fingerprint density at radius 3 is 3.00 bits per heavy atom. The highest BCUT2D eigenvalue weighted by atomic mass is 32.2. The minimum absolute atomic E-state index is 0.549. The Hall–Kier alpha value is -0.500. The molecule has 1 nitrogen and oxygen atoms in total. The number of pyridine rings is 1. The van der Waals surface area contributed by atoms with Crippen LogP contribution in [0.5, 0.6) is 0 Å². The molecule has 0 aliphatic carbocycles. The number of hydrogen-bond donors (Lipinski definition) is 0. The van der Waals surface area contributed by atoms with Crippen molar-refractivity contribution in [2.45, 2.75) is 37.6 Å². The molecule has 2 heteroatoms. The third-order valence-corrected chi connectivity index (χ3v) is 3.50. The second-order valence-electron chi connectivity index (χ2n) is 3.81. The lowest BCUT2D eigenvalue weighted by Crippen LogP contribution is -2.03. The van der Waals surface area contributed by atoms with Crippen molar-refractivity contribution in [1.29, 1.82) is 0 Å². The van der Waals surface area contributed by atoms with Crippen molar-refractivity contribution in [3.05, 3.63) is 23.4 Å². The largest absolute Gasteiger partial charge is 0.246 e. The van der Waals surface area contributed by atoms with E-state index in [1.165, 1.54) is 34.9 Å². The lowest BCUT2D eigenvalue weighted by atomic mass is 10.1. The maximum absolute atomic E-state index is 4.68. The molecular formula is C11H15NS. The molecule has 0 fully saturated rings. The van der Waals surface area contributed by atoms with Crippen molar-refractivity contribution >= 4 is 11.8 Å². The van der Waals surface area contributed by atoms with Crippen LogP contribution in [0.4, 0.5) is 0 Å². The predicted molar refractivity (Wildman–Crippen MR) is 57.4 cm³/mol. The molecule has 0 spiro atoms. The first-order valence-electron chi connectivity index (χ1n) is 4.90. The summed E-state index contributed by atoms with van der Waals surface area (Å²) in [6, 6.07) is 4.43. The number of thioether (sulfide) groups is 1. The van der Waals surface area contributed by atoms with Crippen molar-refractivity contribution in [3.63, 3.8) is 0 Å². The molecule has 0 bridgehead atoms. The molecule has 1 aliphatic heterocycles. The fourth-order valence-electron chi connectivity index (χ4n) is 1.55. The summed E-state index contributed by atoms with van der Waals surface area (Å²) in [6.45, 7) is 4.39. The topological polar surface area (TPSA) is 12.9 Å². The van der Waals surface area contributed by atoms with Gasteiger partial charge in [-0.1, -0.05) is 19.9 Å². The summed E-state index contributed by atoms with van der Waals surface area (Å²) in [7, 11) is 0. The molecule has 0 amide bonds. The molecule has 0 radical (unpaired) electrons. The molecular weight excluding hydrogens is 178 g/mol. The summed E-state index contributed by atoms with van der Waals surface area (Å²) in [4.78, 5) is 4.68. The highest BCUT2D eigenvalue weighted by molar-refractivity contribution is 7.99. The molecule has 2 rings (SSSR count). The predicted octanol–water partition coefficient (Wildman–Crippen LogP) is 3.24. The number of aryl methyl sites for hydroxylation is 1. The normalized spacial score (nSPS) is 15.9. The third-order valence-electron chi connectivity index (χ3n) is 2.38. The van der Waals surface area contributed by atoms with Gasteiger partial charge < -0.3 is 0 Å². The van der Waals surface area contributed by atoms with Crippen LogP contribution in [0.1, 0.15) is 37.4 Å². The fourth-order valence-corrected chi connectivity index (χ4v) is 2.56. The average Bonchev–Trinajstić information content (AvgIpc) is 2.17. The Kier molecular flexibility index (Phi) is 2.58. The number of aromatic nitrogens is 1. The summed E-state index contributed by atoms with van der Waals surface area (Å²) < 4.78 is 0. The van der Waals surface area contributed by atoms with E-state index < -0.39 is 0 Å². The standard InChI is InChI=1S/C11H15NS/c1-8(2)10-6-5-9-4-3-7-13-11(9)12-10/h5-6,8H,3-4,7H2,1-2H3. The van der Waals surface area contributed by atoms with Crippen molar-refractivity contribution < 1.29 is 0 Å². The van der Waals surface area contributed by atoms with Gasteiger partial charge in [0.2, 0.25) is 0 Å². The summed E-state index contributed by atoms with van der Waals surface area (Å²) in [6.07, 6.45) is 2.52. The maximum Gasteiger partial charge on any atom is 0.0995 e. The first-order chi connectivity index (χ1) is 6.27. The van der Waals surface area contributed by atoms with Gasteiger partial charge in [0, 0.05) is 5.69 Å². The van der Waals surface area contributed by atoms with Crippen LogP contribution < -0.4 is 0 Å². The van der Waals surface area contributed by atoms with Gasteiger partial charge in [-0.05, 0) is 36.1 Å². The Balaban J connectivity index is 2.35. The molecule has 13 heavy (non-hydrogen) atoms. The fraction of sp³-hybridized carbons (Fsp3) is 0.545. The smallest absolute Gasteiger partial charge is 0.0995 e. The van der Waals surface area contributed by atoms with E-state index >= 15 is 0 Å². The molecule has 1 aromatic rings. The van der Waals surface area contributed by atoms with Crippen LogP contribution in [0.3, 0.4) is 0 Å². The lowest BCUT2D eigenvalue weighted by Gasteiger charge is -2.15. The van der Waals surface area contributed by atoms with Gasteiger partial charge in [-0.15, -0.1) is 11.8 Å². The first-order valence-corrected chi connectivity index (χ1v) is 5.88. The SMILES string of the molecule is CC(C)c1ccc2c(n1)SCCC2. The number of rotatable bonds is 1. The van der Waals surface area contributed by atoms with Gasteiger partial charge in [0.15, 0.2) is 0 Å². The van der Waals surface area contributed by atoms with Crippen LogP contribution in [0.15, 0.2) is 17.2 Å². The number of nitrogens with zero attached hydrogens (tertiary/aromatic N) is 1. The van der Waals surface area contributed by atoms with Gasteiger partial charge in [-0.2, -0.15) is 0 Å². The first kappa shape index (κ1) is 9.07. The summed E-state index contributed by atoms with van der Waals surface area (Å²) in [5.41, 5.74) is 2.67. The van der Waals surface area contributed by atoms with Crippen LogP contribution in [0.25, 0.3) is 0 Å². The molecule has 0 saturated heterocycles. The van der Waals surface area contributed by atoms with Crippen LogP contribution in [-0.2, 0) is 6.42 Å². The van der Waals surface area contributed by atoms with Crippen LogP contribution in [-0.4, -0.2) is 10.7 Å². The highest BCUT2D eigenvalue weighted by Crippen LogP contribution is 2.29. The number of hydrogen-bond acceptors (Lipinski definition) is 2. The van der Waals surface area contributed by atoms with Gasteiger partial charge in [0.05, 0.1) is 5.03 Å². The summed E-state index contributed by atoms with van der Waals surface area (Å²) in [5, 5.41) is 1.28. The third kappa shape index (κ3) is 1.88. The highest BCUT2D eigenvalue weighted by Gasteiger charge is 2.12. The Labute approximate surface area is 84.0 Å². The zero-order chi connectivity index (χ0) is 9.26. The Morgan fingerprint density at radius 1 is 1.38 bits per heavy atom. The van der Waals surface area contributed by atoms with Crippen molar-refractivity contribution in [3.8, 4) is 0 Å². The van der Waals surface area contributed by atoms with Crippen molar-refractivity contribution in [2.75, 3.05) is 5.75 Å². The van der Waals surface area contributed by atoms with Crippen LogP contribution in [0.2, 0.25) is 0 Å². The molecule has 1 aliphatic rings. The Morgan fingerprint density at radius 2 is 2.23 bits per heavy atom. The molecule has 0 N–H and O–H groups in total. The average molecular weight is 193 g/mol. The zero-order valence-electron chi connectivity index (χ0n) is 8.21. The monoisotopic (exact) mass is 193 g/mol. The van der Waals surface area contributed by atoms with Gasteiger partial charge in [-0.25, -0.2) is 4.98 Å². The van der Waals surface area contributed by atoms with E-state index in [4.69, 9.17) is 0 Å². The van der Waals surface area contributed by atoms with Gasteiger partial charge in [0.25, 0.3) is 0 Å². The zero-order valence-corrected chi connectivity index (χ0v) is 9.03. The number of fused-ring (bicyclic) bond motifs is 1. The maximum atomic E-state index is 4.68. The van der Waals surface area contributed by atoms with E-state index in [-0.39, 0.29) is 0 Å². The molecule has 1 aromatic heterocycles. The van der Waals surface area contributed by atoms with E-state index in [2.05, 4.69) is 31.0 Å². The lowest BCUT2D eigenvalue weighted by molar-refractivity contribution is 0.776. The van der Waals surface area contributed by atoms with Crippen molar-refractivity contribution in [1.82, 2.24) is 4.98 Å². The van der Waals surface area contributed by atoms with Crippen molar-refractivity contribution in [2.24, 2.45) is 0 Å². The molecule has 2 heterocycles. The van der Waals surface area contributed by atoms with E-state index in [0.29, 0.717) is 5.92 Å². The molecule has 0 atom stereocenters. The van der Waals surface area contributed by atoms with E-state index in [1.54, 1.807) is 0 Å². The molecule has 70 valence electrons. The van der Waals surface area contributed by atoms with Gasteiger partial charge in [-0.3, -0.25) is 0 Å². The minimum Gasteiger partial charge on any atom is -0.246 e. The quantitative estimate of drug-likeness (QED) is 0.679. The molecule has 0 saturated carbocycles. The van der Waals surface area contributed by atoms with E-state index in [1.807, 2.05) is 11.8 Å². The van der Waals surface area contributed by atoms with E-state index in [9.17, 15) is 0 Å². The summed E-state index contributed by atoms with van der Waals surface area (Å²) in [5.74, 6) is 1.79. The minimum atomic E-state index is 0.549. The summed E-state index contributed by atoms with van der Waals surface area (Å²) >= 11 is 1.91. The van der Waals surface area contributed by atoms with Crippen LogP contribution in [0, 0.1) is 0 Å². The van der Waals surface area contributed by atoms with E-state index in [0.717, 1.165) is 0 Å². The molecule has 0 aromatic carbocycles. The Bertz CT molecular complexity index is 307. The molecule has 0 unspecified atom stereocenters. The van der Waals surface area contributed by atoms with Gasteiger partial charge in [0.1, 0.15) is 0 Å². The van der Waals surface area contributed by atoms with Gasteiger partial charge >= 0.3 is 0 Å². The van der Waals surface area contributed by atoms with Crippen LogP contribution >= 0.6 is 11.8 Å².